The molecule has 3 rings (SSSR count). The topological polar surface area (TPSA) is 89.8 Å². The predicted octanol–water partition coefficient (Wildman–Crippen LogP) is 3.31. The fourth-order valence-electron chi connectivity index (χ4n) is 2.61. The van der Waals surface area contributed by atoms with Crippen molar-refractivity contribution in [3.8, 4) is 5.75 Å². The van der Waals surface area contributed by atoms with E-state index < -0.39 is 16.7 Å². The van der Waals surface area contributed by atoms with Gasteiger partial charge in [0.1, 0.15) is 11.3 Å². The lowest BCUT2D eigenvalue weighted by Crippen LogP contribution is -2.31. The van der Waals surface area contributed by atoms with Crippen molar-refractivity contribution in [2.75, 3.05) is 13.2 Å². The lowest BCUT2D eigenvalue weighted by Gasteiger charge is -2.13. The van der Waals surface area contributed by atoms with E-state index in [1.54, 1.807) is 24.3 Å². The molecule has 2 amide bonds. The third kappa shape index (κ3) is 3.32. The maximum Gasteiger partial charge on any atom is 0.282 e. The third-order valence-electron chi connectivity index (χ3n) is 3.78. The zero-order chi connectivity index (χ0) is 18.0. The lowest BCUT2D eigenvalue weighted by molar-refractivity contribution is -0.385. The number of nitrogens with zero attached hydrogens (tertiary/aromatic N) is 2. The average Bonchev–Trinajstić information content (AvgIpc) is 2.84. The SMILES string of the molecule is O=C1c2cccc([N+](=O)[O-])c2C(=O)N1CCCOc1ccc(Cl)cc1. The van der Waals surface area contributed by atoms with Crippen LogP contribution in [0.1, 0.15) is 27.1 Å². The van der Waals surface area contributed by atoms with E-state index in [0.29, 0.717) is 17.2 Å². The summed E-state index contributed by atoms with van der Waals surface area (Å²) in [7, 11) is 0. The molecule has 0 aromatic heterocycles. The molecule has 1 aliphatic rings. The zero-order valence-electron chi connectivity index (χ0n) is 13.0. The number of rotatable bonds is 6. The molecule has 1 aliphatic heterocycles. The van der Waals surface area contributed by atoms with Crippen molar-refractivity contribution in [2.24, 2.45) is 0 Å². The van der Waals surface area contributed by atoms with Gasteiger partial charge in [0.25, 0.3) is 17.5 Å². The van der Waals surface area contributed by atoms with E-state index in [2.05, 4.69) is 0 Å². The predicted molar refractivity (Wildman–Crippen MR) is 90.0 cm³/mol. The molecule has 0 fully saturated rings. The molecular formula is C17H13ClN2O5. The number of carbonyl (C=O) groups excluding carboxylic acids is 2. The number of amides is 2. The van der Waals surface area contributed by atoms with Gasteiger partial charge < -0.3 is 4.74 Å². The van der Waals surface area contributed by atoms with Crippen LogP contribution in [-0.2, 0) is 0 Å². The second-order valence-corrected chi connectivity index (χ2v) is 5.81. The van der Waals surface area contributed by atoms with Gasteiger partial charge in [-0.05, 0) is 36.8 Å². The minimum absolute atomic E-state index is 0.0674. The van der Waals surface area contributed by atoms with Crippen molar-refractivity contribution in [3.63, 3.8) is 0 Å². The van der Waals surface area contributed by atoms with Gasteiger partial charge in [0.15, 0.2) is 0 Å². The standard InChI is InChI=1S/C17H13ClN2O5/c18-11-5-7-12(8-6-11)25-10-2-9-19-16(21)13-3-1-4-14(20(23)24)15(13)17(19)22/h1,3-8H,2,9-10H2. The number of carbonyl (C=O) groups is 2. The maximum atomic E-state index is 12.4. The van der Waals surface area contributed by atoms with Crippen LogP contribution < -0.4 is 4.74 Å². The number of halogens is 1. The molecule has 2 aromatic rings. The van der Waals surface area contributed by atoms with Gasteiger partial charge in [-0.1, -0.05) is 17.7 Å². The molecule has 0 radical (unpaired) electrons. The van der Waals surface area contributed by atoms with Crippen molar-refractivity contribution in [3.05, 3.63) is 68.7 Å². The Morgan fingerprint density at radius 1 is 1.08 bits per heavy atom. The molecule has 0 spiro atoms. The van der Waals surface area contributed by atoms with E-state index in [0.717, 1.165) is 4.90 Å². The van der Waals surface area contributed by atoms with Gasteiger partial charge in [0.2, 0.25) is 0 Å². The molecule has 0 N–H and O–H groups in total. The highest BCUT2D eigenvalue weighted by molar-refractivity contribution is 6.30. The molecule has 0 unspecified atom stereocenters. The summed E-state index contributed by atoms with van der Waals surface area (Å²) in [5, 5.41) is 11.7. The number of hydrogen-bond donors (Lipinski definition) is 0. The van der Waals surface area contributed by atoms with Crippen LogP contribution in [0, 0.1) is 10.1 Å². The van der Waals surface area contributed by atoms with Gasteiger partial charge in [-0.2, -0.15) is 0 Å². The number of ether oxygens (including phenoxy) is 1. The van der Waals surface area contributed by atoms with Gasteiger partial charge in [0.05, 0.1) is 17.1 Å². The smallest absolute Gasteiger partial charge is 0.282 e. The number of imide groups is 1. The first-order chi connectivity index (χ1) is 12.0. The van der Waals surface area contributed by atoms with Crippen molar-refractivity contribution in [1.29, 1.82) is 0 Å². The second kappa shape index (κ2) is 6.90. The third-order valence-corrected chi connectivity index (χ3v) is 4.03. The molecule has 0 saturated carbocycles. The average molecular weight is 361 g/mol. The summed E-state index contributed by atoms with van der Waals surface area (Å²) in [5.74, 6) is -0.531. The Kier molecular flexibility index (Phi) is 4.67. The Labute approximate surface area is 147 Å². The fraction of sp³-hybridized carbons (Fsp3) is 0.176. The summed E-state index contributed by atoms with van der Waals surface area (Å²) >= 11 is 5.79. The number of fused-ring (bicyclic) bond motifs is 1. The Balaban J connectivity index is 1.63. The molecule has 1 heterocycles. The Morgan fingerprint density at radius 2 is 1.80 bits per heavy atom. The first-order valence-corrected chi connectivity index (χ1v) is 7.89. The van der Waals surface area contributed by atoms with Crippen molar-refractivity contribution in [1.82, 2.24) is 4.90 Å². The molecule has 7 nitrogen and oxygen atoms in total. The largest absolute Gasteiger partial charge is 0.494 e. The van der Waals surface area contributed by atoms with E-state index >= 15 is 0 Å². The molecule has 2 aromatic carbocycles. The lowest BCUT2D eigenvalue weighted by atomic mass is 10.1. The van der Waals surface area contributed by atoms with Gasteiger partial charge in [-0.25, -0.2) is 0 Å². The Bertz CT molecular complexity index is 851. The van der Waals surface area contributed by atoms with Crippen molar-refractivity contribution >= 4 is 29.1 Å². The summed E-state index contributed by atoms with van der Waals surface area (Å²) in [6.07, 6.45) is 0.405. The normalized spacial score (nSPS) is 13.1. The first-order valence-electron chi connectivity index (χ1n) is 7.51. The van der Waals surface area contributed by atoms with Crippen LogP contribution in [0.2, 0.25) is 5.02 Å². The number of nitro groups is 1. The van der Waals surface area contributed by atoms with Crippen LogP contribution in [0.4, 0.5) is 5.69 Å². The quantitative estimate of drug-likeness (QED) is 0.341. The molecule has 0 aliphatic carbocycles. The van der Waals surface area contributed by atoms with E-state index in [4.69, 9.17) is 16.3 Å². The highest BCUT2D eigenvalue weighted by atomic mass is 35.5. The molecule has 0 saturated heterocycles. The molecular weight excluding hydrogens is 348 g/mol. The summed E-state index contributed by atoms with van der Waals surface area (Å²) in [5.41, 5.74) is -0.426. The van der Waals surface area contributed by atoms with Crippen LogP contribution in [-0.4, -0.2) is 34.8 Å². The van der Waals surface area contributed by atoms with Gasteiger partial charge >= 0.3 is 0 Å². The molecule has 0 bridgehead atoms. The van der Waals surface area contributed by atoms with Crippen LogP contribution >= 0.6 is 11.6 Å². The monoisotopic (exact) mass is 360 g/mol. The van der Waals surface area contributed by atoms with Crippen LogP contribution in [0.3, 0.4) is 0 Å². The highest BCUT2D eigenvalue weighted by Gasteiger charge is 2.40. The zero-order valence-corrected chi connectivity index (χ0v) is 13.7. The number of hydrogen-bond acceptors (Lipinski definition) is 5. The molecule has 128 valence electrons. The molecule has 0 atom stereocenters. The van der Waals surface area contributed by atoms with Crippen LogP contribution in [0.25, 0.3) is 0 Å². The second-order valence-electron chi connectivity index (χ2n) is 5.37. The van der Waals surface area contributed by atoms with Crippen molar-refractivity contribution in [2.45, 2.75) is 6.42 Å². The Morgan fingerprint density at radius 3 is 2.48 bits per heavy atom. The molecule has 25 heavy (non-hydrogen) atoms. The fourth-order valence-corrected chi connectivity index (χ4v) is 2.74. The van der Waals surface area contributed by atoms with E-state index in [1.807, 2.05) is 0 Å². The first kappa shape index (κ1) is 16.9. The summed E-state index contributed by atoms with van der Waals surface area (Å²) in [6, 6.07) is 10.9. The number of nitro benzene ring substituents is 1. The molecule has 8 heteroatoms. The Hall–Kier alpha value is -2.93. The van der Waals surface area contributed by atoms with Crippen LogP contribution in [0.15, 0.2) is 42.5 Å². The van der Waals surface area contributed by atoms with E-state index in [-0.39, 0.29) is 30.0 Å². The van der Waals surface area contributed by atoms with E-state index in [9.17, 15) is 19.7 Å². The van der Waals surface area contributed by atoms with Crippen molar-refractivity contribution < 1.29 is 19.2 Å². The van der Waals surface area contributed by atoms with Gasteiger partial charge in [0, 0.05) is 17.6 Å². The minimum atomic E-state index is -0.656. The number of benzene rings is 2. The maximum absolute atomic E-state index is 12.4. The summed E-state index contributed by atoms with van der Waals surface area (Å²) < 4.78 is 5.51. The van der Waals surface area contributed by atoms with Gasteiger partial charge in [-0.15, -0.1) is 0 Å². The summed E-state index contributed by atoms with van der Waals surface area (Å²) in [4.78, 5) is 36.1. The van der Waals surface area contributed by atoms with E-state index in [1.165, 1.54) is 18.2 Å². The van der Waals surface area contributed by atoms with Crippen LogP contribution in [0.5, 0.6) is 5.75 Å². The highest BCUT2D eigenvalue weighted by Crippen LogP contribution is 2.30. The van der Waals surface area contributed by atoms with Gasteiger partial charge in [-0.3, -0.25) is 24.6 Å². The summed E-state index contributed by atoms with van der Waals surface area (Å²) in [6.45, 7) is 0.411. The minimum Gasteiger partial charge on any atom is -0.494 e.